The van der Waals surface area contributed by atoms with Gasteiger partial charge >= 0.3 is 0 Å². The molecule has 296 valence electrons. The quantitative estimate of drug-likeness (QED) is 0.167. The maximum absolute atomic E-state index is 2.70. The first-order valence-electron chi connectivity index (χ1n) is 22.2. The van der Waals surface area contributed by atoms with Gasteiger partial charge in [0, 0.05) is 46.7 Å². The van der Waals surface area contributed by atoms with Crippen molar-refractivity contribution in [3.8, 4) is 11.1 Å². The van der Waals surface area contributed by atoms with E-state index in [9.17, 15) is 0 Å². The molecule has 0 amide bonds. The molecule has 0 aliphatic heterocycles. The molecule has 0 saturated heterocycles. The fourth-order valence-electron chi connectivity index (χ4n) is 11.3. The molecule has 0 bridgehead atoms. The van der Waals surface area contributed by atoms with Crippen LogP contribution in [0.15, 0.2) is 186 Å². The number of anilines is 1. The van der Waals surface area contributed by atoms with Crippen LogP contribution in [0.25, 0.3) is 16.7 Å². The van der Waals surface area contributed by atoms with Crippen LogP contribution < -0.4 is 4.90 Å². The van der Waals surface area contributed by atoms with E-state index in [1.165, 1.54) is 78.4 Å². The molecule has 0 saturated carbocycles. The topological polar surface area (TPSA) is 6.48 Å². The van der Waals surface area contributed by atoms with Crippen molar-refractivity contribution in [2.24, 2.45) is 5.92 Å². The lowest BCUT2D eigenvalue weighted by molar-refractivity contribution is 0.355. The molecule has 4 aromatic rings. The Kier molecular flexibility index (Phi) is 9.51. The second kappa shape index (κ2) is 14.9. The average molecular weight is 771 g/mol. The van der Waals surface area contributed by atoms with Crippen molar-refractivity contribution in [2.45, 2.75) is 95.9 Å². The van der Waals surface area contributed by atoms with Crippen LogP contribution in [0.2, 0.25) is 0 Å². The van der Waals surface area contributed by atoms with Crippen molar-refractivity contribution in [1.29, 1.82) is 0 Å². The van der Waals surface area contributed by atoms with Crippen LogP contribution in [-0.2, 0) is 10.8 Å². The number of benzene rings is 4. The van der Waals surface area contributed by atoms with Crippen LogP contribution in [0, 0.1) is 5.92 Å². The summed E-state index contributed by atoms with van der Waals surface area (Å²) in [5.41, 5.74) is 19.6. The van der Waals surface area contributed by atoms with Gasteiger partial charge in [0.1, 0.15) is 0 Å². The van der Waals surface area contributed by atoms with Crippen molar-refractivity contribution in [2.75, 3.05) is 11.4 Å². The van der Waals surface area contributed by atoms with Crippen LogP contribution in [-0.4, -0.2) is 17.5 Å². The third-order valence-electron chi connectivity index (χ3n) is 14.5. The Hall–Kier alpha value is -5.60. The molecule has 2 nitrogen and oxygen atoms in total. The molecule has 4 aromatic carbocycles. The lowest BCUT2D eigenvalue weighted by Gasteiger charge is -2.41. The van der Waals surface area contributed by atoms with E-state index in [1.54, 1.807) is 0 Å². The molecule has 0 radical (unpaired) electrons. The molecule has 0 heterocycles. The first-order chi connectivity index (χ1) is 28.7. The van der Waals surface area contributed by atoms with Crippen LogP contribution in [0.5, 0.6) is 0 Å². The van der Waals surface area contributed by atoms with E-state index in [0.717, 1.165) is 45.1 Å². The first-order valence-corrected chi connectivity index (χ1v) is 22.2. The highest BCUT2D eigenvalue weighted by Gasteiger charge is 2.45. The number of hydrogen-bond acceptors (Lipinski definition) is 2. The summed E-state index contributed by atoms with van der Waals surface area (Å²) < 4.78 is 0. The van der Waals surface area contributed by atoms with Gasteiger partial charge in [0.2, 0.25) is 0 Å². The van der Waals surface area contributed by atoms with Crippen LogP contribution >= 0.6 is 0 Å². The van der Waals surface area contributed by atoms with E-state index in [2.05, 4.69) is 202 Å². The zero-order valence-corrected chi connectivity index (χ0v) is 35.6. The first kappa shape index (κ1) is 37.7. The van der Waals surface area contributed by atoms with Crippen molar-refractivity contribution in [3.63, 3.8) is 0 Å². The summed E-state index contributed by atoms with van der Waals surface area (Å²) in [6.45, 7) is 13.1. The summed E-state index contributed by atoms with van der Waals surface area (Å²) in [5, 5.41) is 0. The predicted molar refractivity (Wildman–Crippen MR) is 249 cm³/mol. The third kappa shape index (κ3) is 6.56. The van der Waals surface area contributed by atoms with Crippen molar-refractivity contribution in [1.82, 2.24) is 4.90 Å². The molecule has 6 aliphatic carbocycles. The Morgan fingerprint density at radius 1 is 0.661 bits per heavy atom. The normalized spacial score (nSPS) is 22.3. The van der Waals surface area contributed by atoms with E-state index < -0.39 is 0 Å². The van der Waals surface area contributed by atoms with Gasteiger partial charge in [0.25, 0.3) is 0 Å². The van der Waals surface area contributed by atoms with Gasteiger partial charge < -0.3 is 9.80 Å². The van der Waals surface area contributed by atoms with E-state index in [-0.39, 0.29) is 16.9 Å². The summed E-state index contributed by atoms with van der Waals surface area (Å²) in [4.78, 5) is 5.39. The average Bonchev–Trinajstić information content (AvgIpc) is 3.65. The molecule has 0 spiro atoms. The molecular formula is C57H58N2. The molecule has 0 N–H and O–H groups in total. The zero-order valence-electron chi connectivity index (χ0n) is 35.6. The summed E-state index contributed by atoms with van der Waals surface area (Å²) in [6.07, 6.45) is 30.8. The van der Waals surface area contributed by atoms with Gasteiger partial charge in [0.05, 0.1) is 0 Å². The Morgan fingerprint density at radius 2 is 1.37 bits per heavy atom. The van der Waals surface area contributed by atoms with Gasteiger partial charge in [0.15, 0.2) is 0 Å². The standard InChI is InChI=1S/C57H58N2/c1-39(59(45-30-26-43(27-31-45)41-18-10-7-11-19-41)47-33-35-51-49-21-13-15-23-53(49)57(4,5)55(51)37-47)38-58(44-28-24-42(25-29-44)40-16-8-6-9-17-40)46-32-34-50-48-20-12-14-22-52(48)56(2,3)54(50)36-46/h6,8-10,12-24,26,28,30,32-37,39,50,54H,7,11,25,27,29,31,38H2,1-5H3/t39-,50?,54?/m1/s1. The SMILES string of the molecule is C[C@H](CN(C1=CC2C(C=C1)c1ccccc1C2(C)C)C1=CC=C(c2ccccc2)CC1)N(C1=CC=C(C2=CCCC=C2)CC1)c1ccc2c(c1)C(C)(C)c1ccccc1-2. The molecular weight excluding hydrogens is 713 g/mol. The Morgan fingerprint density at radius 3 is 2.14 bits per heavy atom. The third-order valence-corrected chi connectivity index (χ3v) is 14.5. The predicted octanol–water partition coefficient (Wildman–Crippen LogP) is 14.3. The molecule has 0 aromatic heterocycles. The number of rotatable bonds is 9. The van der Waals surface area contributed by atoms with E-state index in [4.69, 9.17) is 0 Å². The van der Waals surface area contributed by atoms with Gasteiger partial charge in [-0.25, -0.2) is 0 Å². The van der Waals surface area contributed by atoms with Crippen molar-refractivity contribution >= 4 is 11.3 Å². The van der Waals surface area contributed by atoms with Gasteiger partial charge in [-0.3, -0.25) is 0 Å². The van der Waals surface area contributed by atoms with Crippen LogP contribution in [0.4, 0.5) is 5.69 Å². The van der Waals surface area contributed by atoms with Crippen molar-refractivity contribution < 1.29 is 0 Å². The zero-order chi connectivity index (χ0) is 40.3. The fourth-order valence-corrected chi connectivity index (χ4v) is 11.3. The van der Waals surface area contributed by atoms with Gasteiger partial charge in [-0.15, -0.1) is 0 Å². The minimum absolute atomic E-state index is 0.0522. The van der Waals surface area contributed by atoms with E-state index in [1.807, 2.05) is 0 Å². The summed E-state index contributed by atoms with van der Waals surface area (Å²) in [5.74, 6) is 0.814. The molecule has 2 unspecified atom stereocenters. The molecule has 59 heavy (non-hydrogen) atoms. The van der Waals surface area contributed by atoms with Gasteiger partial charge in [-0.1, -0.05) is 155 Å². The Balaban J connectivity index is 1.05. The molecule has 10 rings (SSSR count). The van der Waals surface area contributed by atoms with Crippen molar-refractivity contribution in [3.05, 3.63) is 214 Å². The number of fused-ring (bicyclic) bond motifs is 6. The molecule has 6 aliphatic rings. The lowest BCUT2D eigenvalue weighted by Crippen LogP contribution is -2.42. The smallest absolute Gasteiger partial charge is 0.0490 e. The minimum atomic E-state index is -0.0632. The maximum atomic E-state index is 2.70. The summed E-state index contributed by atoms with van der Waals surface area (Å²) >= 11 is 0. The summed E-state index contributed by atoms with van der Waals surface area (Å²) in [7, 11) is 0. The molecule has 3 atom stereocenters. The van der Waals surface area contributed by atoms with Crippen LogP contribution in [0.1, 0.15) is 107 Å². The monoisotopic (exact) mass is 770 g/mol. The fraction of sp³-hybridized carbons (Fsp3) is 0.298. The van der Waals surface area contributed by atoms with E-state index >= 15 is 0 Å². The number of nitrogens with zero attached hydrogens (tertiary/aromatic N) is 2. The summed E-state index contributed by atoms with van der Waals surface area (Å²) in [6, 6.07) is 36.7. The molecule has 2 heteroatoms. The minimum Gasteiger partial charge on any atom is -0.343 e. The largest absolute Gasteiger partial charge is 0.343 e. The van der Waals surface area contributed by atoms with E-state index in [0.29, 0.717) is 11.8 Å². The second-order valence-electron chi connectivity index (χ2n) is 18.7. The van der Waals surface area contributed by atoms with Crippen LogP contribution in [0.3, 0.4) is 0 Å². The Labute approximate surface area is 353 Å². The number of hydrogen-bond donors (Lipinski definition) is 0. The highest BCUT2D eigenvalue weighted by Crippen LogP contribution is 2.54. The highest BCUT2D eigenvalue weighted by molar-refractivity contribution is 5.83. The van der Waals surface area contributed by atoms with Gasteiger partial charge in [-0.2, -0.15) is 0 Å². The Bertz CT molecular complexity index is 2560. The van der Waals surface area contributed by atoms with Gasteiger partial charge in [-0.05, 0) is 143 Å². The molecule has 0 fully saturated rings. The maximum Gasteiger partial charge on any atom is 0.0490 e. The second-order valence-corrected chi connectivity index (χ2v) is 18.7. The lowest BCUT2D eigenvalue weighted by atomic mass is 9.74. The number of allylic oxidation sites excluding steroid dienone is 15. The highest BCUT2D eigenvalue weighted by atomic mass is 15.2.